The third-order valence-electron chi connectivity index (χ3n) is 7.90. The van der Waals surface area contributed by atoms with Crippen molar-refractivity contribution >= 4 is 54.0 Å². The van der Waals surface area contributed by atoms with Gasteiger partial charge in [-0.15, -0.1) is 0 Å². The molecule has 0 bridgehead atoms. The van der Waals surface area contributed by atoms with Crippen LogP contribution in [0.5, 0.6) is 0 Å². The summed E-state index contributed by atoms with van der Waals surface area (Å²) in [4.78, 5) is 24.9. The molecule has 0 aliphatic carbocycles. The normalized spacial score (nSPS) is 16.0. The van der Waals surface area contributed by atoms with Crippen LogP contribution >= 0.6 is 11.3 Å². The van der Waals surface area contributed by atoms with Crippen molar-refractivity contribution in [1.82, 2.24) is 19.7 Å². The molecule has 1 atom stereocenters. The van der Waals surface area contributed by atoms with Gasteiger partial charge in [0, 0.05) is 30.0 Å². The second-order valence-electron chi connectivity index (χ2n) is 10.9. The van der Waals surface area contributed by atoms with Crippen molar-refractivity contribution < 1.29 is 26.5 Å². The summed E-state index contributed by atoms with van der Waals surface area (Å²) >= 11 is 1.30. The molecule has 13 heteroatoms. The SMILES string of the molecule is Cc1noc(C)c1-c1ccc2c(c1)nc([C@@H]1CCCC(=O)N1c1ccc(F)c(F)c1)n2-c1nc2ccc(S(C)(=O)=O)cc2s1. The summed E-state index contributed by atoms with van der Waals surface area (Å²) in [5.41, 5.74) is 4.61. The van der Waals surface area contributed by atoms with Crippen LogP contribution in [0.25, 0.3) is 37.5 Å². The first-order valence-corrected chi connectivity index (χ1v) is 16.5. The minimum absolute atomic E-state index is 0.183. The molecule has 1 amide bonds. The Hall–Kier alpha value is -4.49. The monoisotopic (exact) mass is 633 g/mol. The van der Waals surface area contributed by atoms with Crippen molar-refractivity contribution in [3.05, 3.63) is 83.5 Å². The number of imidazole rings is 1. The molecule has 0 spiro atoms. The van der Waals surface area contributed by atoms with Crippen LogP contribution < -0.4 is 4.90 Å². The lowest BCUT2D eigenvalue weighted by Gasteiger charge is -2.35. The minimum Gasteiger partial charge on any atom is -0.361 e. The summed E-state index contributed by atoms with van der Waals surface area (Å²) in [6.45, 7) is 3.70. The summed E-state index contributed by atoms with van der Waals surface area (Å²) in [6.07, 6.45) is 2.51. The number of benzene rings is 3. The molecule has 3 aromatic heterocycles. The van der Waals surface area contributed by atoms with E-state index in [1.54, 1.807) is 12.1 Å². The first-order chi connectivity index (χ1) is 21.0. The maximum absolute atomic E-state index is 14.4. The number of anilines is 1. The molecule has 3 aromatic carbocycles. The number of nitrogens with zero attached hydrogens (tertiary/aromatic N) is 5. The first-order valence-electron chi connectivity index (χ1n) is 13.8. The molecular formula is C31H25F2N5O4S2. The molecule has 1 fully saturated rings. The lowest BCUT2D eigenvalue weighted by atomic mass is 9.99. The van der Waals surface area contributed by atoms with E-state index in [2.05, 4.69) is 5.16 Å². The van der Waals surface area contributed by atoms with Gasteiger partial charge in [0.1, 0.15) is 11.6 Å². The second-order valence-corrected chi connectivity index (χ2v) is 13.9. The van der Waals surface area contributed by atoms with Crippen LogP contribution in [0.1, 0.15) is 42.6 Å². The van der Waals surface area contributed by atoms with Gasteiger partial charge in [-0.25, -0.2) is 27.2 Å². The molecule has 1 aliphatic rings. The van der Waals surface area contributed by atoms with E-state index >= 15 is 0 Å². The topological polar surface area (TPSA) is 111 Å². The molecular weight excluding hydrogens is 609 g/mol. The number of hydrogen-bond donors (Lipinski definition) is 0. The fourth-order valence-electron chi connectivity index (χ4n) is 5.87. The second kappa shape index (κ2) is 10.3. The standard InChI is InChI=1S/C31H25F2N5O4S2/c1-16-29(17(2)42-36-16)18-7-12-25-24(13-18)34-30(26-5-4-6-28(39)37(26)19-8-10-21(32)22(33)14-19)38(25)31-35-23-11-9-20(44(3,40)41)15-27(23)43-31/h7-15,26H,4-6H2,1-3H3/t26-/m0/s1. The van der Waals surface area contributed by atoms with Gasteiger partial charge >= 0.3 is 0 Å². The van der Waals surface area contributed by atoms with Crippen LogP contribution in [-0.2, 0) is 14.6 Å². The van der Waals surface area contributed by atoms with Crippen LogP contribution in [0.15, 0.2) is 64.0 Å². The maximum atomic E-state index is 14.4. The molecule has 0 radical (unpaired) electrons. The van der Waals surface area contributed by atoms with Crippen LogP contribution in [0.2, 0.25) is 0 Å². The number of halogens is 2. The molecule has 4 heterocycles. The highest BCUT2D eigenvalue weighted by atomic mass is 32.2. The summed E-state index contributed by atoms with van der Waals surface area (Å²) in [6, 6.07) is 13.4. The van der Waals surface area contributed by atoms with Crippen LogP contribution in [0.4, 0.5) is 14.5 Å². The van der Waals surface area contributed by atoms with E-state index in [9.17, 15) is 22.0 Å². The highest BCUT2D eigenvalue weighted by Gasteiger charge is 2.35. The number of thiazole rings is 1. The molecule has 9 nitrogen and oxygen atoms in total. The highest BCUT2D eigenvalue weighted by molar-refractivity contribution is 7.90. The molecule has 0 unspecified atom stereocenters. The molecule has 0 N–H and O–H groups in total. The Balaban J connectivity index is 1.46. The van der Waals surface area contributed by atoms with E-state index in [1.807, 2.05) is 36.6 Å². The van der Waals surface area contributed by atoms with E-state index in [0.29, 0.717) is 50.8 Å². The van der Waals surface area contributed by atoms with Crippen molar-refractivity contribution in [2.24, 2.45) is 0 Å². The fraction of sp³-hybridized carbons (Fsp3) is 0.226. The van der Waals surface area contributed by atoms with E-state index in [-0.39, 0.29) is 22.9 Å². The Morgan fingerprint density at radius 1 is 0.977 bits per heavy atom. The number of carbonyl (C=O) groups excluding carboxylic acids is 1. The molecule has 224 valence electrons. The zero-order valence-corrected chi connectivity index (χ0v) is 25.5. The minimum atomic E-state index is -3.44. The van der Waals surface area contributed by atoms with Crippen molar-refractivity contribution in [2.45, 2.75) is 44.0 Å². The smallest absolute Gasteiger partial charge is 0.227 e. The Morgan fingerprint density at radius 3 is 2.52 bits per heavy atom. The zero-order chi connectivity index (χ0) is 30.9. The van der Waals surface area contributed by atoms with E-state index in [4.69, 9.17) is 14.5 Å². The quantitative estimate of drug-likeness (QED) is 0.204. The number of carbonyl (C=O) groups is 1. The van der Waals surface area contributed by atoms with Crippen LogP contribution in [0.3, 0.4) is 0 Å². The van der Waals surface area contributed by atoms with Crippen molar-refractivity contribution in [1.29, 1.82) is 0 Å². The number of piperidine rings is 1. The number of rotatable bonds is 5. The summed E-state index contributed by atoms with van der Waals surface area (Å²) in [7, 11) is -3.44. The fourth-order valence-corrected chi connectivity index (χ4v) is 7.62. The van der Waals surface area contributed by atoms with Gasteiger partial charge in [0.25, 0.3) is 0 Å². The number of aryl methyl sites for hydroxylation is 2. The van der Waals surface area contributed by atoms with Gasteiger partial charge in [-0.1, -0.05) is 22.6 Å². The maximum Gasteiger partial charge on any atom is 0.227 e. The van der Waals surface area contributed by atoms with Gasteiger partial charge < -0.3 is 9.42 Å². The van der Waals surface area contributed by atoms with Crippen molar-refractivity contribution in [3.8, 4) is 16.3 Å². The van der Waals surface area contributed by atoms with Crippen molar-refractivity contribution in [2.75, 3.05) is 11.2 Å². The average molecular weight is 634 g/mol. The Kier molecular flexibility index (Phi) is 6.63. The number of aromatic nitrogens is 4. The molecule has 1 saturated heterocycles. The summed E-state index contributed by atoms with van der Waals surface area (Å²) in [5, 5.41) is 4.60. The molecule has 7 rings (SSSR count). The number of sulfone groups is 1. The van der Waals surface area contributed by atoms with Crippen LogP contribution in [0, 0.1) is 25.5 Å². The Labute approximate surface area is 254 Å². The first kappa shape index (κ1) is 28.3. The van der Waals surface area contributed by atoms with Gasteiger partial charge in [0.05, 0.1) is 37.9 Å². The summed E-state index contributed by atoms with van der Waals surface area (Å²) in [5.74, 6) is -1.13. The predicted octanol–water partition coefficient (Wildman–Crippen LogP) is 6.85. The van der Waals surface area contributed by atoms with Crippen molar-refractivity contribution in [3.63, 3.8) is 0 Å². The lowest BCUT2D eigenvalue weighted by molar-refractivity contribution is -0.120. The van der Waals surface area contributed by atoms with E-state index in [1.165, 1.54) is 28.4 Å². The molecule has 6 aromatic rings. The van der Waals surface area contributed by atoms with Crippen LogP contribution in [-0.4, -0.2) is 40.3 Å². The highest BCUT2D eigenvalue weighted by Crippen LogP contribution is 2.41. The number of amides is 1. The lowest BCUT2D eigenvalue weighted by Crippen LogP contribution is -2.39. The largest absolute Gasteiger partial charge is 0.361 e. The molecule has 1 aliphatic heterocycles. The van der Waals surface area contributed by atoms with E-state index < -0.39 is 27.5 Å². The Morgan fingerprint density at radius 2 is 1.80 bits per heavy atom. The van der Waals surface area contributed by atoms with E-state index in [0.717, 1.165) is 35.2 Å². The van der Waals surface area contributed by atoms with Gasteiger partial charge in [-0.3, -0.25) is 9.36 Å². The average Bonchev–Trinajstić information content (AvgIpc) is 3.67. The summed E-state index contributed by atoms with van der Waals surface area (Å²) < 4.78 is 60.7. The zero-order valence-electron chi connectivity index (χ0n) is 23.8. The Bertz CT molecular complexity index is 2220. The van der Waals surface area contributed by atoms with Gasteiger partial charge in [-0.05, 0) is 74.7 Å². The van der Waals surface area contributed by atoms with Gasteiger partial charge in [-0.2, -0.15) is 0 Å². The van der Waals surface area contributed by atoms with Gasteiger partial charge in [0.2, 0.25) is 5.91 Å². The number of hydrogen-bond acceptors (Lipinski definition) is 8. The molecule has 44 heavy (non-hydrogen) atoms. The third-order valence-corrected chi connectivity index (χ3v) is 10.0. The molecule has 0 saturated carbocycles. The predicted molar refractivity (Wildman–Crippen MR) is 163 cm³/mol. The van der Waals surface area contributed by atoms with Gasteiger partial charge in [0.15, 0.2) is 26.6 Å². The number of fused-ring (bicyclic) bond motifs is 2. The third kappa shape index (κ3) is 4.67.